The van der Waals surface area contributed by atoms with Crippen molar-refractivity contribution in [3.8, 4) is 0 Å². The Morgan fingerprint density at radius 2 is 2.35 bits per heavy atom. The molecule has 1 aromatic heterocycles. The van der Waals surface area contributed by atoms with Gasteiger partial charge in [-0.25, -0.2) is 13.6 Å². The minimum Gasteiger partial charge on any atom is -0.396 e. The molecule has 5 nitrogen and oxygen atoms in total. The van der Waals surface area contributed by atoms with Gasteiger partial charge in [0.1, 0.15) is 5.82 Å². The van der Waals surface area contributed by atoms with Crippen LogP contribution in [0.5, 0.6) is 0 Å². The van der Waals surface area contributed by atoms with Crippen molar-refractivity contribution in [1.82, 2.24) is 9.55 Å². The molecule has 94 valence electrons. The summed E-state index contributed by atoms with van der Waals surface area (Å²) in [6.07, 6.45) is 0.976. The van der Waals surface area contributed by atoms with E-state index in [9.17, 15) is 13.6 Å². The fraction of sp³-hybridized carbons (Fsp3) is 0.600. The van der Waals surface area contributed by atoms with E-state index in [0.29, 0.717) is 0 Å². The average Bonchev–Trinajstić information content (AvgIpc) is 2.53. The lowest BCUT2D eigenvalue weighted by Gasteiger charge is -2.15. The Kier molecular flexibility index (Phi) is 2.86. The van der Waals surface area contributed by atoms with Gasteiger partial charge in [0.15, 0.2) is 0 Å². The summed E-state index contributed by atoms with van der Waals surface area (Å²) in [5, 5.41) is 8.88. The number of nitrogen functional groups attached to an aromatic ring is 1. The highest BCUT2D eigenvalue weighted by molar-refractivity contribution is 5.23. The SMILES string of the molecule is Nc1ccn([C@@H]2C[C@H](CO)C(F)(F)C2)c(=O)n1. The molecular formula is C10H13F2N3O2. The molecule has 0 bridgehead atoms. The first-order chi connectivity index (χ1) is 7.94. The number of nitrogens with zero attached hydrogens (tertiary/aromatic N) is 2. The minimum absolute atomic E-state index is 0.0645. The summed E-state index contributed by atoms with van der Waals surface area (Å²) in [4.78, 5) is 15.0. The second-order valence-electron chi connectivity index (χ2n) is 4.28. The fourth-order valence-electron chi connectivity index (χ4n) is 2.19. The summed E-state index contributed by atoms with van der Waals surface area (Å²) in [6.45, 7) is -0.583. The van der Waals surface area contributed by atoms with Crippen LogP contribution in [-0.4, -0.2) is 27.2 Å². The van der Waals surface area contributed by atoms with Crippen molar-refractivity contribution in [3.05, 3.63) is 22.7 Å². The Balaban J connectivity index is 2.29. The lowest BCUT2D eigenvalue weighted by molar-refractivity contribution is -0.0551. The van der Waals surface area contributed by atoms with Gasteiger partial charge in [-0.2, -0.15) is 4.98 Å². The van der Waals surface area contributed by atoms with Gasteiger partial charge in [-0.1, -0.05) is 0 Å². The number of hydrogen-bond donors (Lipinski definition) is 2. The summed E-state index contributed by atoms with van der Waals surface area (Å²) in [5.41, 5.74) is 4.69. The average molecular weight is 245 g/mol. The quantitative estimate of drug-likeness (QED) is 0.790. The topological polar surface area (TPSA) is 81.1 Å². The number of anilines is 1. The normalized spacial score (nSPS) is 27.2. The van der Waals surface area contributed by atoms with Crippen molar-refractivity contribution < 1.29 is 13.9 Å². The molecule has 2 atom stereocenters. The van der Waals surface area contributed by atoms with E-state index >= 15 is 0 Å². The number of hydrogen-bond acceptors (Lipinski definition) is 4. The number of aliphatic hydroxyl groups excluding tert-OH is 1. The second-order valence-corrected chi connectivity index (χ2v) is 4.28. The maximum atomic E-state index is 13.4. The number of nitrogens with two attached hydrogens (primary N) is 1. The van der Waals surface area contributed by atoms with Crippen LogP contribution in [0.3, 0.4) is 0 Å². The van der Waals surface area contributed by atoms with E-state index in [1.165, 1.54) is 12.3 Å². The maximum Gasteiger partial charge on any atom is 0.349 e. The lowest BCUT2D eigenvalue weighted by atomic mass is 10.1. The Hall–Kier alpha value is -1.50. The first kappa shape index (κ1) is 12.0. The minimum atomic E-state index is -2.94. The first-order valence-corrected chi connectivity index (χ1v) is 5.27. The summed E-state index contributed by atoms with van der Waals surface area (Å²) < 4.78 is 28.0. The summed E-state index contributed by atoms with van der Waals surface area (Å²) in [7, 11) is 0. The molecule has 1 heterocycles. The summed E-state index contributed by atoms with van der Waals surface area (Å²) >= 11 is 0. The molecular weight excluding hydrogens is 232 g/mol. The number of aliphatic hydroxyl groups is 1. The van der Waals surface area contributed by atoms with Crippen LogP contribution in [0, 0.1) is 5.92 Å². The largest absolute Gasteiger partial charge is 0.396 e. The van der Waals surface area contributed by atoms with Gasteiger partial charge in [-0.05, 0) is 12.5 Å². The van der Waals surface area contributed by atoms with Gasteiger partial charge in [0, 0.05) is 24.6 Å². The highest BCUT2D eigenvalue weighted by Crippen LogP contribution is 2.45. The van der Waals surface area contributed by atoms with E-state index in [1.807, 2.05) is 0 Å². The van der Waals surface area contributed by atoms with Crippen LogP contribution in [0.2, 0.25) is 0 Å². The zero-order chi connectivity index (χ0) is 12.6. The molecule has 1 aromatic rings. The molecule has 1 fully saturated rings. The van der Waals surface area contributed by atoms with E-state index in [4.69, 9.17) is 10.8 Å². The highest BCUT2D eigenvalue weighted by atomic mass is 19.3. The zero-order valence-electron chi connectivity index (χ0n) is 9.01. The van der Waals surface area contributed by atoms with Crippen LogP contribution < -0.4 is 11.4 Å². The molecule has 0 aliphatic heterocycles. The van der Waals surface area contributed by atoms with Crippen molar-refractivity contribution in [2.24, 2.45) is 5.92 Å². The second kappa shape index (κ2) is 4.06. The molecule has 0 spiro atoms. The molecule has 0 radical (unpaired) electrons. The third kappa shape index (κ3) is 2.14. The van der Waals surface area contributed by atoms with Gasteiger partial charge in [0.2, 0.25) is 0 Å². The number of rotatable bonds is 2. The number of halogens is 2. The molecule has 2 rings (SSSR count). The fourth-order valence-corrected chi connectivity index (χ4v) is 2.19. The molecule has 0 amide bonds. The Bertz CT molecular complexity index is 475. The standard InChI is InChI=1S/C10H13F2N3O2/c11-10(12)4-7(3-6(10)5-16)15-2-1-8(13)14-9(15)17/h1-2,6-7,16H,3-5H2,(H2,13,14,17)/t6-,7-/m1/s1. The van der Waals surface area contributed by atoms with E-state index in [0.717, 1.165) is 4.57 Å². The molecule has 1 saturated carbocycles. The Morgan fingerprint density at radius 3 is 2.88 bits per heavy atom. The van der Waals surface area contributed by atoms with Crippen LogP contribution in [0.1, 0.15) is 18.9 Å². The van der Waals surface area contributed by atoms with Crippen molar-refractivity contribution in [1.29, 1.82) is 0 Å². The van der Waals surface area contributed by atoms with E-state index < -0.39 is 36.6 Å². The van der Waals surface area contributed by atoms with Crippen molar-refractivity contribution in [2.75, 3.05) is 12.3 Å². The highest BCUT2D eigenvalue weighted by Gasteiger charge is 2.49. The number of aromatic nitrogens is 2. The number of alkyl halides is 2. The van der Waals surface area contributed by atoms with Crippen molar-refractivity contribution >= 4 is 5.82 Å². The predicted octanol–water partition coefficient (Wildman–Crippen LogP) is 0.404. The van der Waals surface area contributed by atoms with Gasteiger partial charge < -0.3 is 10.8 Å². The zero-order valence-corrected chi connectivity index (χ0v) is 9.01. The lowest BCUT2D eigenvalue weighted by Crippen LogP contribution is -2.27. The van der Waals surface area contributed by atoms with Gasteiger partial charge in [-0.15, -0.1) is 0 Å². The van der Waals surface area contributed by atoms with Gasteiger partial charge in [0.25, 0.3) is 5.92 Å². The smallest absolute Gasteiger partial charge is 0.349 e. The third-order valence-corrected chi connectivity index (χ3v) is 3.13. The summed E-state index contributed by atoms with van der Waals surface area (Å²) in [5.74, 6) is -3.98. The van der Waals surface area contributed by atoms with Crippen LogP contribution in [0.25, 0.3) is 0 Å². The van der Waals surface area contributed by atoms with Crippen LogP contribution >= 0.6 is 0 Å². The van der Waals surface area contributed by atoms with Crippen LogP contribution in [-0.2, 0) is 0 Å². The van der Waals surface area contributed by atoms with Gasteiger partial charge in [-0.3, -0.25) is 4.57 Å². The monoisotopic (exact) mass is 245 g/mol. The van der Waals surface area contributed by atoms with E-state index in [2.05, 4.69) is 4.98 Å². The summed E-state index contributed by atoms with van der Waals surface area (Å²) in [6, 6.07) is 0.758. The van der Waals surface area contributed by atoms with Crippen molar-refractivity contribution in [2.45, 2.75) is 24.8 Å². The Labute approximate surface area is 95.9 Å². The molecule has 3 N–H and O–H groups in total. The van der Waals surface area contributed by atoms with Crippen LogP contribution in [0.15, 0.2) is 17.1 Å². The van der Waals surface area contributed by atoms with E-state index in [-0.39, 0.29) is 12.2 Å². The van der Waals surface area contributed by atoms with Gasteiger partial charge in [0.05, 0.1) is 6.61 Å². The maximum absolute atomic E-state index is 13.4. The Morgan fingerprint density at radius 1 is 1.65 bits per heavy atom. The molecule has 0 aromatic carbocycles. The molecule has 0 saturated heterocycles. The molecule has 1 aliphatic carbocycles. The van der Waals surface area contributed by atoms with Gasteiger partial charge >= 0.3 is 5.69 Å². The first-order valence-electron chi connectivity index (χ1n) is 5.27. The van der Waals surface area contributed by atoms with Crippen molar-refractivity contribution in [3.63, 3.8) is 0 Å². The molecule has 17 heavy (non-hydrogen) atoms. The molecule has 0 unspecified atom stereocenters. The van der Waals surface area contributed by atoms with E-state index in [1.54, 1.807) is 0 Å². The predicted molar refractivity (Wildman–Crippen MR) is 56.7 cm³/mol. The molecule has 7 heteroatoms. The molecule has 1 aliphatic rings. The van der Waals surface area contributed by atoms with Crippen LogP contribution in [0.4, 0.5) is 14.6 Å². The third-order valence-electron chi connectivity index (χ3n) is 3.13.